The van der Waals surface area contributed by atoms with Crippen molar-refractivity contribution in [1.29, 1.82) is 0 Å². The van der Waals surface area contributed by atoms with Crippen LogP contribution in [0.2, 0.25) is 0 Å². The van der Waals surface area contributed by atoms with E-state index in [1.807, 2.05) is 6.92 Å². The molecule has 1 atom stereocenters. The van der Waals surface area contributed by atoms with Crippen LogP contribution in [0.1, 0.15) is 19.5 Å². The van der Waals surface area contributed by atoms with Crippen LogP contribution in [0, 0.1) is 10.1 Å². The first-order valence-electron chi connectivity index (χ1n) is 5.08. The van der Waals surface area contributed by atoms with Crippen molar-refractivity contribution in [3.8, 4) is 0 Å². The van der Waals surface area contributed by atoms with E-state index in [9.17, 15) is 10.1 Å². The number of nitro groups is 1. The van der Waals surface area contributed by atoms with Crippen LogP contribution in [0.3, 0.4) is 0 Å². The van der Waals surface area contributed by atoms with Crippen LogP contribution in [-0.4, -0.2) is 32.5 Å². The molecule has 0 spiro atoms. The molecule has 0 aliphatic heterocycles. The topological polar surface area (TPSA) is 93.2 Å². The van der Waals surface area contributed by atoms with Crippen molar-refractivity contribution in [2.45, 2.75) is 26.3 Å². The fourth-order valence-electron chi connectivity index (χ4n) is 1.44. The third-order valence-corrected chi connectivity index (χ3v) is 2.27. The molecule has 0 saturated heterocycles. The molecule has 1 rings (SSSR count). The quantitative estimate of drug-likeness (QED) is 0.571. The van der Waals surface area contributed by atoms with Crippen molar-refractivity contribution in [1.82, 2.24) is 9.78 Å². The number of aromatic nitrogens is 2. The van der Waals surface area contributed by atoms with Gasteiger partial charge in [0.05, 0.1) is 11.5 Å². The summed E-state index contributed by atoms with van der Waals surface area (Å²) >= 11 is 0. The predicted molar refractivity (Wildman–Crippen MR) is 59.4 cm³/mol. The SMILES string of the molecule is CCc1nn(C)c(NC(C)CO)c1[N+](=O)[O-]. The maximum absolute atomic E-state index is 10.9. The van der Waals surface area contributed by atoms with Crippen molar-refractivity contribution in [2.24, 2.45) is 7.05 Å². The molecular formula is C9H16N4O3. The number of nitrogens with zero attached hydrogens (tertiary/aromatic N) is 3. The Kier molecular flexibility index (Phi) is 3.83. The van der Waals surface area contributed by atoms with Crippen LogP contribution >= 0.6 is 0 Å². The largest absolute Gasteiger partial charge is 0.394 e. The second-order valence-electron chi connectivity index (χ2n) is 3.61. The van der Waals surface area contributed by atoms with Gasteiger partial charge >= 0.3 is 5.69 Å². The van der Waals surface area contributed by atoms with Gasteiger partial charge in [0, 0.05) is 13.1 Å². The fraction of sp³-hybridized carbons (Fsp3) is 0.667. The Hall–Kier alpha value is -1.63. The van der Waals surface area contributed by atoms with E-state index in [-0.39, 0.29) is 18.3 Å². The van der Waals surface area contributed by atoms with E-state index in [4.69, 9.17) is 5.11 Å². The van der Waals surface area contributed by atoms with E-state index < -0.39 is 4.92 Å². The summed E-state index contributed by atoms with van der Waals surface area (Å²) in [7, 11) is 1.64. The zero-order valence-corrected chi connectivity index (χ0v) is 9.60. The number of rotatable bonds is 5. The summed E-state index contributed by atoms with van der Waals surface area (Å²) in [5.74, 6) is 0.336. The lowest BCUT2D eigenvalue weighted by Crippen LogP contribution is -2.21. The summed E-state index contributed by atoms with van der Waals surface area (Å²) in [6, 6.07) is -0.251. The van der Waals surface area contributed by atoms with Crippen LogP contribution in [0.15, 0.2) is 0 Å². The van der Waals surface area contributed by atoms with Gasteiger partial charge < -0.3 is 10.4 Å². The van der Waals surface area contributed by atoms with E-state index in [0.717, 1.165) is 0 Å². The van der Waals surface area contributed by atoms with Gasteiger partial charge in [-0.25, -0.2) is 4.68 Å². The minimum absolute atomic E-state index is 0.00898. The van der Waals surface area contributed by atoms with Gasteiger partial charge in [-0.3, -0.25) is 10.1 Å². The maximum atomic E-state index is 10.9. The Bertz CT molecular complexity index is 388. The number of aryl methyl sites for hydroxylation is 2. The molecule has 16 heavy (non-hydrogen) atoms. The highest BCUT2D eigenvalue weighted by Gasteiger charge is 2.26. The molecule has 7 nitrogen and oxygen atoms in total. The normalized spacial score (nSPS) is 12.5. The van der Waals surface area contributed by atoms with Gasteiger partial charge in [-0.2, -0.15) is 5.10 Å². The highest BCUT2D eigenvalue weighted by Crippen LogP contribution is 2.28. The Morgan fingerprint density at radius 1 is 1.69 bits per heavy atom. The van der Waals surface area contributed by atoms with Gasteiger partial charge in [0.1, 0.15) is 5.69 Å². The standard InChI is InChI=1S/C9H16N4O3/c1-4-7-8(13(15)16)9(12(3)11-7)10-6(2)5-14/h6,10,14H,4-5H2,1-3H3. The molecule has 1 unspecified atom stereocenters. The average Bonchev–Trinajstić information content (AvgIpc) is 2.55. The number of aliphatic hydroxyl groups is 1. The second-order valence-corrected chi connectivity index (χ2v) is 3.61. The lowest BCUT2D eigenvalue weighted by atomic mass is 10.3. The number of anilines is 1. The lowest BCUT2D eigenvalue weighted by Gasteiger charge is -2.11. The summed E-state index contributed by atoms with van der Waals surface area (Å²) in [6.45, 7) is 3.46. The van der Waals surface area contributed by atoms with Crippen LogP contribution in [0.5, 0.6) is 0 Å². The first-order chi connectivity index (χ1) is 7.51. The first kappa shape index (κ1) is 12.4. The van der Waals surface area contributed by atoms with Crippen molar-refractivity contribution in [3.63, 3.8) is 0 Å². The molecule has 0 fully saturated rings. The molecule has 7 heteroatoms. The fourth-order valence-corrected chi connectivity index (χ4v) is 1.44. The molecule has 1 aromatic rings. The summed E-state index contributed by atoms with van der Waals surface area (Å²) in [5, 5.41) is 26.8. The third kappa shape index (κ3) is 2.30. The first-order valence-corrected chi connectivity index (χ1v) is 5.08. The van der Waals surface area contributed by atoms with Crippen LogP contribution < -0.4 is 5.32 Å². The Balaban J connectivity index is 3.15. The number of hydrogen-bond donors (Lipinski definition) is 2. The van der Waals surface area contributed by atoms with E-state index in [2.05, 4.69) is 10.4 Å². The number of aliphatic hydroxyl groups excluding tert-OH is 1. The number of nitrogens with one attached hydrogen (secondary N) is 1. The van der Waals surface area contributed by atoms with E-state index in [0.29, 0.717) is 17.9 Å². The van der Waals surface area contributed by atoms with Crippen molar-refractivity contribution in [3.05, 3.63) is 15.8 Å². The Morgan fingerprint density at radius 3 is 2.75 bits per heavy atom. The molecule has 0 aliphatic carbocycles. The van der Waals surface area contributed by atoms with Crippen molar-refractivity contribution in [2.75, 3.05) is 11.9 Å². The molecule has 1 aromatic heterocycles. The summed E-state index contributed by atoms with van der Waals surface area (Å²) in [4.78, 5) is 10.5. The molecule has 2 N–H and O–H groups in total. The lowest BCUT2D eigenvalue weighted by molar-refractivity contribution is -0.384. The molecule has 0 bridgehead atoms. The minimum atomic E-state index is -0.446. The molecule has 90 valence electrons. The van der Waals surface area contributed by atoms with E-state index >= 15 is 0 Å². The van der Waals surface area contributed by atoms with Crippen molar-refractivity contribution >= 4 is 11.5 Å². The van der Waals surface area contributed by atoms with Crippen LogP contribution in [0.25, 0.3) is 0 Å². The molecular weight excluding hydrogens is 212 g/mol. The molecule has 1 heterocycles. The summed E-state index contributed by atoms with van der Waals surface area (Å²) < 4.78 is 1.43. The van der Waals surface area contributed by atoms with Gasteiger partial charge in [-0.15, -0.1) is 0 Å². The smallest absolute Gasteiger partial charge is 0.333 e. The molecule has 0 aliphatic rings. The van der Waals surface area contributed by atoms with E-state index in [1.165, 1.54) is 4.68 Å². The summed E-state index contributed by atoms with van der Waals surface area (Å²) in [6.07, 6.45) is 0.499. The van der Waals surface area contributed by atoms with Gasteiger partial charge in [-0.05, 0) is 13.3 Å². The summed E-state index contributed by atoms with van der Waals surface area (Å²) in [5.41, 5.74) is 0.436. The molecule has 0 aromatic carbocycles. The highest BCUT2D eigenvalue weighted by atomic mass is 16.6. The van der Waals surface area contributed by atoms with Gasteiger partial charge in [0.15, 0.2) is 0 Å². The molecule has 0 saturated carbocycles. The van der Waals surface area contributed by atoms with Gasteiger partial charge in [-0.1, -0.05) is 6.92 Å². The van der Waals surface area contributed by atoms with E-state index in [1.54, 1.807) is 14.0 Å². The maximum Gasteiger partial charge on any atom is 0.333 e. The van der Waals surface area contributed by atoms with Crippen LogP contribution in [0.4, 0.5) is 11.5 Å². The zero-order chi connectivity index (χ0) is 12.3. The third-order valence-electron chi connectivity index (χ3n) is 2.27. The number of hydrogen-bond acceptors (Lipinski definition) is 5. The van der Waals surface area contributed by atoms with Crippen LogP contribution in [-0.2, 0) is 13.5 Å². The second kappa shape index (κ2) is 4.93. The average molecular weight is 228 g/mol. The monoisotopic (exact) mass is 228 g/mol. The van der Waals surface area contributed by atoms with Gasteiger partial charge in [0.2, 0.25) is 5.82 Å². The minimum Gasteiger partial charge on any atom is -0.394 e. The molecule has 0 radical (unpaired) electrons. The van der Waals surface area contributed by atoms with Gasteiger partial charge in [0.25, 0.3) is 0 Å². The van der Waals surface area contributed by atoms with Crippen molar-refractivity contribution < 1.29 is 10.0 Å². The molecule has 0 amide bonds. The Morgan fingerprint density at radius 2 is 2.31 bits per heavy atom. The zero-order valence-electron chi connectivity index (χ0n) is 9.60. The highest BCUT2D eigenvalue weighted by molar-refractivity contribution is 5.60. The predicted octanol–water partition coefficient (Wildman–Crippen LogP) is 0.683. The Labute approximate surface area is 93.2 Å².